The van der Waals surface area contributed by atoms with Gasteiger partial charge in [-0.25, -0.2) is 0 Å². The normalized spacial score (nSPS) is 10.9. The van der Waals surface area contributed by atoms with E-state index in [1.165, 1.54) is 0 Å². The fraction of sp³-hybridized carbons (Fsp3) is 0.0625. The molecule has 1 heterocycles. The largest absolute Gasteiger partial charge is 0.451 e. The first-order chi connectivity index (χ1) is 9.56. The molecule has 0 aliphatic carbocycles. The van der Waals surface area contributed by atoms with Crippen molar-refractivity contribution in [1.29, 1.82) is 0 Å². The number of para-hydroxylation sites is 1. The maximum absolute atomic E-state index is 12.5. The molecule has 2 aromatic carbocycles. The third-order valence-corrected chi connectivity index (χ3v) is 3.95. The smallest absolute Gasteiger partial charge is 0.228 e. The van der Waals surface area contributed by atoms with Crippen molar-refractivity contribution >= 4 is 44.3 Å². The lowest BCUT2D eigenvalue weighted by molar-refractivity contribution is 0.101. The molecule has 100 valence electrons. The van der Waals surface area contributed by atoms with Gasteiger partial charge >= 0.3 is 0 Å². The maximum Gasteiger partial charge on any atom is 0.228 e. The van der Waals surface area contributed by atoms with Gasteiger partial charge in [-0.15, -0.1) is 0 Å². The van der Waals surface area contributed by atoms with Gasteiger partial charge in [0.1, 0.15) is 0 Å². The van der Waals surface area contributed by atoms with E-state index in [9.17, 15) is 4.79 Å². The Labute approximate surface area is 129 Å². The van der Waals surface area contributed by atoms with Crippen LogP contribution in [-0.4, -0.2) is 5.78 Å². The molecule has 0 atom stereocenters. The number of ketones is 1. The molecule has 0 saturated carbocycles. The molecule has 0 saturated heterocycles. The zero-order valence-electron chi connectivity index (χ0n) is 10.6. The van der Waals surface area contributed by atoms with Crippen molar-refractivity contribution in [3.05, 3.63) is 68.8 Å². The van der Waals surface area contributed by atoms with Gasteiger partial charge in [-0.1, -0.05) is 45.7 Å². The lowest BCUT2D eigenvalue weighted by atomic mass is 10.0. The Kier molecular flexibility index (Phi) is 3.40. The molecule has 1 aromatic heterocycles. The first-order valence-corrected chi connectivity index (χ1v) is 7.22. The van der Waals surface area contributed by atoms with Gasteiger partial charge in [0.2, 0.25) is 5.78 Å². The van der Waals surface area contributed by atoms with Gasteiger partial charge in [0, 0.05) is 15.4 Å². The molecule has 4 heteroatoms. The Bertz CT molecular complexity index is 820. The van der Waals surface area contributed by atoms with Crippen molar-refractivity contribution in [2.75, 3.05) is 0 Å². The summed E-state index contributed by atoms with van der Waals surface area (Å²) in [6.45, 7) is 1.90. The Hall–Kier alpha value is -1.58. The monoisotopic (exact) mass is 348 g/mol. The van der Waals surface area contributed by atoms with Gasteiger partial charge in [-0.05, 0) is 36.8 Å². The zero-order valence-corrected chi connectivity index (χ0v) is 13.0. The molecular weight excluding hydrogens is 340 g/mol. The van der Waals surface area contributed by atoms with Crippen molar-refractivity contribution in [3.63, 3.8) is 0 Å². The molecule has 20 heavy (non-hydrogen) atoms. The maximum atomic E-state index is 12.5. The molecule has 0 unspecified atom stereocenters. The summed E-state index contributed by atoms with van der Waals surface area (Å²) in [5.41, 5.74) is 2.07. The Balaban J connectivity index is 2.13. The second-order valence-electron chi connectivity index (χ2n) is 4.56. The van der Waals surface area contributed by atoms with Crippen LogP contribution < -0.4 is 0 Å². The molecule has 0 radical (unpaired) electrons. The number of hydrogen-bond acceptors (Lipinski definition) is 2. The van der Waals surface area contributed by atoms with Crippen molar-refractivity contribution in [3.8, 4) is 0 Å². The summed E-state index contributed by atoms with van der Waals surface area (Å²) in [5.74, 6) is 0.158. The van der Waals surface area contributed by atoms with Gasteiger partial charge in [-0.2, -0.15) is 0 Å². The number of fused-ring (bicyclic) bond motifs is 1. The third kappa shape index (κ3) is 2.28. The van der Waals surface area contributed by atoms with Gasteiger partial charge in [0.05, 0.1) is 5.02 Å². The summed E-state index contributed by atoms with van der Waals surface area (Å²) in [4.78, 5) is 12.5. The van der Waals surface area contributed by atoms with Crippen LogP contribution in [0.5, 0.6) is 0 Å². The molecular formula is C16H10BrClO2. The van der Waals surface area contributed by atoms with Crippen LogP contribution in [0.15, 0.2) is 51.4 Å². The third-order valence-electron chi connectivity index (χ3n) is 3.16. The summed E-state index contributed by atoms with van der Waals surface area (Å²) in [5, 5.41) is 1.33. The summed E-state index contributed by atoms with van der Waals surface area (Å²) >= 11 is 9.44. The summed E-state index contributed by atoms with van der Waals surface area (Å²) in [6.07, 6.45) is 0. The van der Waals surface area contributed by atoms with Crippen molar-refractivity contribution in [2.45, 2.75) is 6.92 Å². The Morgan fingerprint density at radius 2 is 2.00 bits per heavy atom. The number of furan rings is 1. The highest BCUT2D eigenvalue weighted by Crippen LogP contribution is 2.28. The van der Waals surface area contributed by atoms with E-state index in [1.54, 1.807) is 18.2 Å². The highest BCUT2D eigenvalue weighted by molar-refractivity contribution is 9.10. The van der Waals surface area contributed by atoms with E-state index in [-0.39, 0.29) is 5.78 Å². The molecule has 0 N–H and O–H groups in total. The van der Waals surface area contributed by atoms with Crippen LogP contribution in [0.25, 0.3) is 11.0 Å². The van der Waals surface area contributed by atoms with Gasteiger partial charge in [0.15, 0.2) is 11.3 Å². The lowest BCUT2D eigenvalue weighted by Gasteiger charge is -2.03. The summed E-state index contributed by atoms with van der Waals surface area (Å²) < 4.78 is 6.47. The van der Waals surface area contributed by atoms with E-state index in [0.29, 0.717) is 21.9 Å². The lowest BCUT2D eigenvalue weighted by Crippen LogP contribution is -2.02. The molecule has 0 amide bonds. The number of carbonyl (C=O) groups excluding carboxylic acids is 1. The average Bonchev–Trinajstić information content (AvgIpc) is 2.86. The Morgan fingerprint density at radius 1 is 1.20 bits per heavy atom. The molecule has 0 bridgehead atoms. The topological polar surface area (TPSA) is 30.2 Å². The molecule has 3 aromatic rings. The van der Waals surface area contributed by atoms with E-state index in [2.05, 4.69) is 15.9 Å². The number of aryl methyl sites for hydroxylation is 1. The SMILES string of the molecule is Cc1ccc(Br)cc1C(=O)c1cc2cccc(Cl)c2o1. The van der Waals surface area contributed by atoms with Crippen LogP contribution in [0.2, 0.25) is 5.02 Å². The van der Waals surface area contributed by atoms with Crippen molar-refractivity contribution in [1.82, 2.24) is 0 Å². The van der Waals surface area contributed by atoms with Crippen LogP contribution >= 0.6 is 27.5 Å². The van der Waals surface area contributed by atoms with Gasteiger partial charge in [0.25, 0.3) is 0 Å². The number of hydrogen-bond donors (Lipinski definition) is 0. The van der Waals surface area contributed by atoms with Gasteiger partial charge < -0.3 is 4.42 Å². The summed E-state index contributed by atoms with van der Waals surface area (Å²) in [7, 11) is 0. The molecule has 3 rings (SSSR count). The quantitative estimate of drug-likeness (QED) is 0.581. The highest BCUT2D eigenvalue weighted by atomic mass is 79.9. The first-order valence-electron chi connectivity index (χ1n) is 6.05. The van der Waals surface area contributed by atoms with Gasteiger partial charge in [-0.3, -0.25) is 4.79 Å². The van der Waals surface area contributed by atoms with Crippen LogP contribution in [0.1, 0.15) is 21.7 Å². The van der Waals surface area contributed by atoms with E-state index in [0.717, 1.165) is 15.4 Å². The number of halogens is 2. The van der Waals surface area contributed by atoms with E-state index in [4.69, 9.17) is 16.0 Å². The number of rotatable bonds is 2. The summed E-state index contributed by atoms with van der Waals surface area (Å²) in [6, 6.07) is 12.8. The van der Waals surface area contributed by atoms with Crippen LogP contribution in [-0.2, 0) is 0 Å². The Morgan fingerprint density at radius 3 is 2.75 bits per heavy atom. The average molecular weight is 350 g/mol. The number of benzene rings is 2. The predicted molar refractivity (Wildman–Crippen MR) is 83.5 cm³/mol. The minimum atomic E-state index is -0.143. The minimum absolute atomic E-state index is 0.143. The molecule has 2 nitrogen and oxygen atoms in total. The zero-order chi connectivity index (χ0) is 14.3. The second kappa shape index (κ2) is 5.08. The van der Waals surface area contributed by atoms with E-state index >= 15 is 0 Å². The molecule has 0 spiro atoms. The van der Waals surface area contributed by atoms with Crippen molar-refractivity contribution in [2.24, 2.45) is 0 Å². The fourth-order valence-corrected chi connectivity index (χ4v) is 2.69. The standard InChI is InChI=1S/C16H10BrClO2/c1-9-5-6-11(17)8-12(9)15(19)14-7-10-3-2-4-13(18)16(10)20-14/h2-8H,1H3. The van der Waals surface area contributed by atoms with Crippen LogP contribution in [0, 0.1) is 6.92 Å². The van der Waals surface area contributed by atoms with Crippen LogP contribution in [0.3, 0.4) is 0 Å². The minimum Gasteiger partial charge on any atom is -0.451 e. The van der Waals surface area contributed by atoms with Crippen LogP contribution in [0.4, 0.5) is 0 Å². The van der Waals surface area contributed by atoms with E-state index < -0.39 is 0 Å². The van der Waals surface area contributed by atoms with E-state index in [1.807, 2.05) is 31.2 Å². The number of carbonyl (C=O) groups is 1. The molecule has 0 aliphatic heterocycles. The van der Waals surface area contributed by atoms with Crippen molar-refractivity contribution < 1.29 is 9.21 Å². The first kappa shape index (κ1) is 13.4. The molecule has 0 aliphatic rings. The predicted octanol–water partition coefficient (Wildman–Crippen LogP) is 5.39. The second-order valence-corrected chi connectivity index (χ2v) is 5.88. The highest BCUT2D eigenvalue weighted by Gasteiger charge is 2.17. The molecule has 0 fully saturated rings. The fourth-order valence-electron chi connectivity index (χ4n) is 2.11.